The molecule has 5 nitrogen and oxygen atoms in total. The van der Waals surface area contributed by atoms with Gasteiger partial charge in [-0.1, -0.05) is 0 Å². The first-order valence-electron chi connectivity index (χ1n) is 5.19. The first kappa shape index (κ1) is 11.3. The van der Waals surface area contributed by atoms with E-state index in [1.807, 2.05) is 0 Å². The molecule has 88 valence electrons. The Morgan fingerprint density at radius 2 is 2.69 bits per heavy atom. The van der Waals surface area contributed by atoms with E-state index in [0.717, 1.165) is 31.1 Å². The average molecular weight is 242 g/mol. The molecule has 1 fully saturated rings. The van der Waals surface area contributed by atoms with E-state index in [-0.39, 0.29) is 6.10 Å². The summed E-state index contributed by atoms with van der Waals surface area (Å²) < 4.78 is 10.1. The summed E-state index contributed by atoms with van der Waals surface area (Å²) in [7, 11) is 1.35. The van der Waals surface area contributed by atoms with Crippen LogP contribution in [0.4, 0.5) is 5.13 Å². The number of hydrogen-bond donors (Lipinski definition) is 1. The Hall–Kier alpha value is -1.14. The Morgan fingerprint density at radius 3 is 3.38 bits per heavy atom. The number of anilines is 1. The van der Waals surface area contributed by atoms with Gasteiger partial charge in [0.2, 0.25) is 0 Å². The third-order valence-corrected chi connectivity index (χ3v) is 3.20. The highest BCUT2D eigenvalue weighted by Crippen LogP contribution is 2.18. The second-order valence-electron chi connectivity index (χ2n) is 3.55. The molecule has 1 aliphatic heterocycles. The lowest BCUT2D eigenvalue weighted by Gasteiger charge is -2.08. The topological polar surface area (TPSA) is 60.5 Å². The molecule has 2 heterocycles. The molecule has 1 N–H and O–H groups in total. The smallest absolute Gasteiger partial charge is 0.357 e. The van der Waals surface area contributed by atoms with Crippen molar-refractivity contribution in [1.82, 2.24) is 4.98 Å². The molecule has 2 rings (SSSR count). The quantitative estimate of drug-likeness (QED) is 0.811. The van der Waals surface area contributed by atoms with Gasteiger partial charge in [0, 0.05) is 18.5 Å². The van der Waals surface area contributed by atoms with Gasteiger partial charge in [0.1, 0.15) is 0 Å². The molecule has 0 spiro atoms. The van der Waals surface area contributed by atoms with Crippen molar-refractivity contribution in [3.8, 4) is 0 Å². The van der Waals surface area contributed by atoms with Crippen molar-refractivity contribution >= 4 is 22.4 Å². The Bertz CT molecular complexity index is 361. The lowest BCUT2D eigenvalue weighted by Crippen LogP contribution is -2.18. The van der Waals surface area contributed by atoms with Crippen molar-refractivity contribution in [1.29, 1.82) is 0 Å². The van der Waals surface area contributed by atoms with Crippen LogP contribution in [0.15, 0.2) is 5.38 Å². The summed E-state index contributed by atoms with van der Waals surface area (Å²) in [5.74, 6) is -0.401. The number of thiazole rings is 1. The molecule has 0 aromatic carbocycles. The second kappa shape index (κ2) is 5.27. The molecule has 1 saturated heterocycles. The fraction of sp³-hybridized carbons (Fsp3) is 0.600. The van der Waals surface area contributed by atoms with Crippen molar-refractivity contribution in [3.63, 3.8) is 0 Å². The predicted octanol–water partition coefficient (Wildman–Crippen LogP) is 1.52. The van der Waals surface area contributed by atoms with Crippen LogP contribution in [0.3, 0.4) is 0 Å². The maximum absolute atomic E-state index is 11.2. The van der Waals surface area contributed by atoms with Gasteiger partial charge in [-0.3, -0.25) is 0 Å². The molecule has 1 atom stereocenters. The van der Waals surface area contributed by atoms with Crippen LogP contribution >= 0.6 is 11.3 Å². The number of nitrogens with one attached hydrogen (secondary N) is 1. The molecule has 0 saturated carbocycles. The third kappa shape index (κ3) is 2.70. The minimum Gasteiger partial charge on any atom is -0.464 e. The zero-order valence-corrected chi connectivity index (χ0v) is 9.88. The molecule has 0 aliphatic carbocycles. The third-order valence-electron chi connectivity index (χ3n) is 2.40. The molecule has 1 unspecified atom stereocenters. The number of hydrogen-bond acceptors (Lipinski definition) is 6. The van der Waals surface area contributed by atoms with Gasteiger partial charge in [-0.15, -0.1) is 11.3 Å². The minimum atomic E-state index is -0.401. The van der Waals surface area contributed by atoms with Gasteiger partial charge in [-0.25, -0.2) is 9.78 Å². The molecule has 6 heteroatoms. The van der Waals surface area contributed by atoms with E-state index < -0.39 is 5.97 Å². The van der Waals surface area contributed by atoms with Crippen LogP contribution < -0.4 is 5.32 Å². The molecule has 1 aromatic heterocycles. The fourth-order valence-corrected chi connectivity index (χ4v) is 2.25. The molecule has 0 bridgehead atoms. The van der Waals surface area contributed by atoms with Crippen molar-refractivity contribution in [2.45, 2.75) is 18.9 Å². The van der Waals surface area contributed by atoms with Crippen LogP contribution in [0.2, 0.25) is 0 Å². The Kier molecular flexibility index (Phi) is 3.74. The van der Waals surface area contributed by atoms with E-state index >= 15 is 0 Å². The normalized spacial score (nSPS) is 19.7. The van der Waals surface area contributed by atoms with E-state index in [0.29, 0.717) is 5.69 Å². The van der Waals surface area contributed by atoms with Crippen LogP contribution in [0.25, 0.3) is 0 Å². The number of nitrogens with zero attached hydrogens (tertiary/aromatic N) is 1. The number of carbonyl (C=O) groups is 1. The van der Waals surface area contributed by atoms with E-state index in [1.165, 1.54) is 18.4 Å². The molecular formula is C10H14N2O3S. The van der Waals surface area contributed by atoms with Crippen molar-refractivity contribution in [2.24, 2.45) is 0 Å². The zero-order valence-electron chi connectivity index (χ0n) is 9.06. The van der Waals surface area contributed by atoms with Crippen LogP contribution in [0, 0.1) is 0 Å². The van der Waals surface area contributed by atoms with Crippen LogP contribution in [0.1, 0.15) is 23.3 Å². The monoisotopic (exact) mass is 242 g/mol. The van der Waals surface area contributed by atoms with Gasteiger partial charge in [-0.05, 0) is 12.8 Å². The minimum absolute atomic E-state index is 0.269. The Morgan fingerprint density at radius 1 is 1.81 bits per heavy atom. The first-order valence-corrected chi connectivity index (χ1v) is 6.07. The second-order valence-corrected chi connectivity index (χ2v) is 4.40. The van der Waals surface area contributed by atoms with Gasteiger partial charge in [0.15, 0.2) is 10.8 Å². The fourth-order valence-electron chi connectivity index (χ4n) is 1.56. The average Bonchev–Trinajstić information content (AvgIpc) is 2.96. The molecular weight excluding hydrogens is 228 g/mol. The number of aromatic nitrogens is 1. The summed E-state index contributed by atoms with van der Waals surface area (Å²) in [6.45, 7) is 1.59. The number of ether oxygens (including phenoxy) is 2. The molecule has 1 aliphatic rings. The Balaban J connectivity index is 1.85. The van der Waals surface area contributed by atoms with Crippen LogP contribution in [0.5, 0.6) is 0 Å². The van der Waals surface area contributed by atoms with Crippen molar-refractivity contribution < 1.29 is 14.3 Å². The van der Waals surface area contributed by atoms with Gasteiger partial charge >= 0.3 is 5.97 Å². The lowest BCUT2D eigenvalue weighted by atomic mass is 10.2. The number of carbonyl (C=O) groups excluding carboxylic acids is 1. The highest BCUT2D eigenvalue weighted by molar-refractivity contribution is 7.13. The van der Waals surface area contributed by atoms with E-state index in [1.54, 1.807) is 5.38 Å². The van der Waals surface area contributed by atoms with Crippen LogP contribution in [-0.4, -0.2) is 37.3 Å². The van der Waals surface area contributed by atoms with Crippen LogP contribution in [-0.2, 0) is 9.47 Å². The molecule has 16 heavy (non-hydrogen) atoms. The highest BCUT2D eigenvalue weighted by atomic mass is 32.1. The highest BCUT2D eigenvalue weighted by Gasteiger charge is 2.16. The standard InChI is InChI=1S/C10H14N2O3S/c1-14-9(13)8-6-16-10(12-8)11-5-7-3-2-4-15-7/h6-7H,2-5H2,1H3,(H,11,12). The van der Waals surface area contributed by atoms with Gasteiger partial charge in [-0.2, -0.15) is 0 Å². The lowest BCUT2D eigenvalue weighted by molar-refractivity contribution is 0.0595. The first-order chi connectivity index (χ1) is 7.79. The van der Waals surface area contributed by atoms with Gasteiger partial charge in [0.25, 0.3) is 0 Å². The number of rotatable bonds is 4. The molecule has 0 radical (unpaired) electrons. The number of esters is 1. The SMILES string of the molecule is COC(=O)c1csc(NCC2CCCO2)n1. The largest absolute Gasteiger partial charge is 0.464 e. The molecule has 1 aromatic rings. The summed E-state index contributed by atoms with van der Waals surface area (Å²) in [4.78, 5) is 15.3. The van der Waals surface area contributed by atoms with E-state index in [9.17, 15) is 4.79 Å². The summed E-state index contributed by atoms with van der Waals surface area (Å²) in [6.07, 6.45) is 2.48. The van der Waals surface area contributed by atoms with Crippen molar-refractivity contribution in [3.05, 3.63) is 11.1 Å². The zero-order chi connectivity index (χ0) is 11.4. The summed E-state index contributed by atoms with van der Waals surface area (Å²) >= 11 is 1.40. The summed E-state index contributed by atoms with van der Waals surface area (Å²) in [5, 5.41) is 5.58. The van der Waals surface area contributed by atoms with E-state index in [2.05, 4.69) is 15.0 Å². The molecule has 0 amide bonds. The van der Waals surface area contributed by atoms with Crippen molar-refractivity contribution in [2.75, 3.05) is 25.6 Å². The van der Waals surface area contributed by atoms with Gasteiger partial charge < -0.3 is 14.8 Å². The summed E-state index contributed by atoms with van der Waals surface area (Å²) in [5.41, 5.74) is 0.349. The van der Waals surface area contributed by atoms with E-state index in [4.69, 9.17) is 4.74 Å². The maximum atomic E-state index is 11.2. The maximum Gasteiger partial charge on any atom is 0.357 e. The summed E-state index contributed by atoms with van der Waals surface area (Å²) in [6, 6.07) is 0. The predicted molar refractivity (Wildman–Crippen MR) is 60.9 cm³/mol. The van der Waals surface area contributed by atoms with Gasteiger partial charge in [0.05, 0.1) is 13.2 Å². The number of methoxy groups -OCH3 is 1. The Labute approximate surface area is 97.8 Å².